The number of nitrogens with zero attached hydrogens (tertiary/aromatic N) is 2. The Morgan fingerprint density at radius 2 is 1.96 bits per heavy atom. The van der Waals surface area contributed by atoms with Gasteiger partial charge >= 0.3 is 0 Å². The molecule has 7 heteroatoms. The number of hydrogen-bond acceptors (Lipinski definition) is 3. The molecule has 1 N–H and O–H groups in total. The van der Waals surface area contributed by atoms with Crippen LogP contribution in [0.3, 0.4) is 0 Å². The summed E-state index contributed by atoms with van der Waals surface area (Å²) in [6, 6.07) is 14.0. The van der Waals surface area contributed by atoms with Crippen LogP contribution in [-0.2, 0) is 23.5 Å². The molecule has 0 saturated carbocycles. The van der Waals surface area contributed by atoms with E-state index in [0.717, 1.165) is 16.9 Å². The van der Waals surface area contributed by atoms with Crippen LogP contribution in [0.1, 0.15) is 5.82 Å². The number of rotatable bonds is 5. The first kappa shape index (κ1) is 16.0. The third-order valence-corrected chi connectivity index (χ3v) is 5.32. The van der Waals surface area contributed by atoms with Gasteiger partial charge in [-0.1, -0.05) is 29.8 Å². The average Bonchev–Trinajstić information content (AvgIpc) is 2.84. The quantitative estimate of drug-likeness (QED) is 0.770. The van der Waals surface area contributed by atoms with Crippen LogP contribution in [0.2, 0.25) is 5.02 Å². The number of hydrogen-bond donors (Lipinski definition) is 1. The molecule has 0 spiro atoms. The number of aryl methyl sites for hydroxylation is 1. The number of fused-ring (bicyclic) bond motifs is 1. The second-order valence-electron chi connectivity index (χ2n) is 5.18. The number of sulfonamides is 1. The summed E-state index contributed by atoms with van der Waals surface area (Å²) in [5.74, 6) is 0.833. The van der Waals surface area contributed by atoms with Crippen LogP contribution in [0, 0.1) is 0 Å². The fourth-order valence-corrected chi connectivity index (χ4v) is 3.77. The molecule has 23 heavy (non-hydrogen) atoms. The Labute approximate surface area is 140 Å². The fourth-order valence-electron chi connectivity index (χ4n) is 2.43. The Morgan fingerprint density at radius 1 is 1.17 bits per heavy atom. The predicted octanol–water partition coefficient (Wildman–Crippen LogP) is 2.75. The smallest absolute Gasteiger partial charge is 0.240 e. The van der Waals surface area contributed by atoms with Gasteiger partial charge in [-0.15, -0.1) is 0 Å². The van der Waals surface area contributed by atoms with Crippen molar-refractivity contribution in [1.82, 2.24) is 14.3 Å². The Morgan fingerprint density at radius 3 is 2.70 bits per heavy atom. The first-order chi connectivity index (χ1) is 11.0. The minimum atomic E-state index is -3.57. The highest BCUT2D eigenvalue weighted by Crippen LogP contribution is 2.16. The second-order valence-corrected chi connectivity index (χ2v) is 7.38. The van der Waals surface area contributed by atoms with Gasteiger partial charge in [-0.25, -0.2) is 18.1 Å². The van der Waals surface area contributed by atoms with E-state index >= 15 is 0 Å². The summed E-state index contributed by atoms with van der Waals surface area (Å²) < 4.78 is 29.0. The van der Waals surface area contributed by atoms with Crippen molar-refractivity contribution < 1.29 is 8.42 Å². The van der Waals surface area contributed by atoms with Gasteiger partial charge in [0.2, 0.25) is 10.0 Å². The van der Waals surface area contributed by atoms with Gasteiger partial charge < -0.3 is 4.57 Å². The molecule has 0 bridgehead atoms. The molecular formula is C16H16ClN3O2S. The van der Waals surface area contributed by atoms with E-state index in [2.05, 4.69) is 9.71 Å². The maximum Gasteiger partial charge on any atom is 0.240 e. The van der Waals surface area contributed by atoms with Gasteiger partial charge in [-0.05, 0) is 30.3 Å². The highest BCUT2D eigenvalue weighted by atomic mass is 35.5. The summed E-state index contributed by atoms with van der Waals surface area (Å²) in [5, 5.41) is 0.392. The average molecular weight is 350 g/mol. The molecule has 1 heterocycles. The Balaban J connectivity index is 1.72. The molecule has 0 amide bonds. The van der Waals surface area contributed by atoms with Gasteiger partial charge in [0.25, 0.3) is 0 Å². The molecule has 0 unspecified atom stereocenters. The number of para-hydroxylation sites is 2. The van der Waals surface area contributed by atoms with E-state index in [-0.39, 0.29) is 11.4 Å². The van der Waals surface area contributed by atoms with E-state index in [0.29, 0.717) is 11.4 Å². The maximum atomic E-state index is 12.2. The Hall–Kier alpha value is -1.89. The zero-order chi connectivity index (χ0) is 16.4. The van der Waals surface area contributed by atoms with Crippen molar-refractivity contribution in [3.63, 3.8) is 0 Å². The number of nitrogens with one attached hydrogen (secondary N) is 1. The van der Waals surface area contributed by atoms with Crippen LogP contribution in [0.25, 0.3) is 11.0 Å². The molecule has 0 aliphatic heterocycles. The number of aromatic nitrogens is 2. The number of halogens is 1. The van der Waals surface area contributed by atoms with Crippen LogP contribution in [0.15, 0.2) is 53.4 Å². The van der Waals surface area contributed by atoms with Crippen LogP contribution < -0.4 is 4.72 Å². The summed E-state index contributed by atoms with van der Waals surface area (Å²) in [7, 11) is -1.64. The Bertz CT molecular complexity index is 951. The lowest BCUT2D eigenvalue weighted by atomic mass is 10.3. The first-order valence-electron chi connectivity index (χ1n) is 7.13. The standard InChI is InChI=1S/C16H16ClN3O2S/c1-20-15-8-3-2-7-14(15)19-16(20)9-10-18-23(21,22)13-6-4-5-12(17)11-13/h2-8,11,18H,9-10H2,1H3. The van der Waals surface area contributed by atoms with E-state index in [1.54, 1.807) is 12.1 Å². The molecule has 5 nitrogen and oxygen atoms in total. The summed E-state index contributed by atoms with van der Waals surface area (Å²) in [4.78, 5) is 4.69. The van der Waals surface area contributed by atoms with Gasteiger partial charge in [0, 0.05) is 25.0 Å². The third kappa shape index (κ3) is 3.39. The molecule has 1 aromatic heterocycles. The summed E-state index contributed by atoms with van der Waals surface area (Å²) in [5.41, 5.74) is 1.93. The molecule has 120 valence electrons. The van der Waals surface area contributed by atoms with Crippen molar-refractivity contribution in [1.29, 1.82) is 0 Å². The van der Waals surface area contributed by atoms with Gasteiger partial charge in [0.1, 0.15) is 5.82 Å². The fraction of sp³-hybridized carbons (Fsp3) is 0.188. The lowest BCUT2D eigenvalue weighted by molar-refractivity contribution is 0.580. The molecule has 0 aliphatic rings. The molecule has 0 saturated heterocycles. The number of imidazole rings is 1. The van der Waals surface area contributed by atoms with Gasteiger partial charge in [-0.3, -0.25) is 0 Å². The molecule has 3 aromatic rings. The molecule has 0 radical (unpaired) electrons. The summed E-state index contributed by atoms with van der Waals surface area (Å²) in [6.45, 7) is 0.270. The topological polar surface area (TPSA) is 64.0 Å². The zero-order valence-corrected chi connectivity index (χ0v) is 14.1. The van der Waals surface area contributed by atoms with E-state index in [4.69, 9.17) is 11.6 Å². The molecule has 3 rings (SSSR count). The van der Waals surface area contributed by atoms with Crippen molar-refractivity contribution in [2.24, 2.45) is 7.05 Å². The molecule has 0 atom stereocenters. The highest BCUT2D eigenvalue weighted by Gasteiger charge is 2.14. The van der Waals surface area contributed by atoms with Crippen LogP contribution in [0.5, 0.6) is 0 Å². The third-order valence-electron chi connectivity index (χ3n) is 3.63. The first-order valence-corrected chi connectivity index (χ1v) is 8.99. The largest absolute Gasteiger partial charge is 0.331 e. The minimum absolute atomic E-state index is 0.162. The SMILES string of the molecule is Cn1c(CCNS(=O)(=O)c2cccc(Cl)c2)nc2ccccc21. The van der Waals surface area contributed by atoms with Crippen molar-refractivity contribution in [3.05, 3.63) is 59.4 Å². The molecular weight excluding hydrogens is 334 g/mol. The van der Waals surface area contributed by atoms with Crippen molar-refractivity contribution >= 4 is 32.7 Å². The zero-order valence-electron chi connectivity index (χ0n) is 12.5. The van der Waals surface area contributed by atoms with Crippen LogP contribution in [0.4, 0.5) is 0 Å². The molecule has 0 aliphatic carbocycles. The van der Waals surface area contributed by atoms with Crippen molar-refractivity contribution in [3.8, 4) is 0 Å². The van der Waals surface area contributed by atoms with E-state index in [9.17, 15) is 8.42 Å². The normalized spacial score (nSPS) is 11.9. The van der Waals surface area contributed by atoms with E-state index in [1.165, 1.54) is 12.1 Å². The summed E-state index contributed by atoms with van der Waals surface area (Å²) in [6.07, 6.45) is 0.505. The van der Waals surface area contributed by atoms with E-state index < -0.39 is 10.0 Å². The maximum absolute atomic E-state index is 12.2. The van der Waals surface area contributed by atoms with Crippen LogP contribution in [-0.4, -0.2) is 24.5 Å². The minimum Gasteiger partial charge on any atom is -0.331 e. The predicted molar refractivity (Wildman–Crippen MR) is 91.1 cm³/mol. The highest BCUT2D eigenvalue weighted by molar-refractivity contribution is 7.89. The molecule has 0 fully saturated rings. The van der Waals surface area contributed by atoms with Crippen molar-refractivity contribution in [2.75, 3.05) is 6.54 Å². The van der Waals surface area contributed by atoms with Gasteiger partial charge in [0.15, 0.2) is 0 Å². The monoisotopic (exact) mass is 349 g/mol. The molecule has 2 aromatic carbocycles. The van der Waals surface area contributed by atoms with E-state index in [1.807, 2.05) is 35.9 Å². The lowest BCUT2D eigenvalue weighted by Gasteiger charge is -2.07. The van der Waals surface area contributed by atoms with Gasteiger partial charge in [0.05, 0.1) is 15.9 Å². The second kappa shape index (κ2) is 6.31. The Kier molecular flexibility index (Phi) is 4.39. The summed E-state index contributed by atoms with van der Waals surface area (Å²) >= 11 is 5.84. The van der Waals surface area contributed by atoms with Crippen molar-refractivity contribution in [2.45, 2.75) is 11.3 Å². The van der Waals surface area contributed by atoms with Crippen LogP contribution >= 0.6 is 11.6 Å². The van der Waals surface area contributed by atoms with Gasteiger partial charge in [-0.2, -0.15) is 0 Å². The lowest BCUT2D eigenvalue weighted by Crippen LogP contribution is -2.26. The number of benzene rings is 2.